The minimum atomic E-state index is -0.672. The molecule has 1 spiro atoms. The van der Waals surface area contributed by atoms with Crippen molar-refractivity contribution in [3.63, 3.8) is 0 Å². The van der Waals surface area contributed by atoms with E-state index in [0.717, 1.165) is 38.7 Å². The lowest BCUT2D eigenvalue weighted by Gasteiger charge is -2.53. The zero-order valence-electron chi connectivity index (χ0n) is 12.7. The molecule has 20 heavy (non-hydrogen) atoms. The molecule has 2 bridgehead atoms. The van der Waals surface area contributed by atoms with E-state index in [9.17, 15) is 0 Å². The van der Waals surface area contributed by atoms with E-state index in [4.69, 9.17) is 24.0 Å². The Hall–Kier alpha value is -0.200. The largest absolute Gasteiger partial charge is 0.385 e. The standard InChI is InChI=1S/C15H26O5/c1-14-9-7-11-5-4-6-12(8-10-16-2)15(11,20-19-14)13(17-3)18-14/h11-13H,4-10H2,1-3H3/t11-,12+,13+,14+,15-/m1/s1. The molecule has 5 nitrogen and oxygen atoms in total. The average Bonchev–Trinajstić information content (AvgIpc) is 2.69. The molecular weight excluding hydrogens is 260 g/mol. The number of hydrogen-bond donors (Lipinski definition) is 0. The maximum absolute atomic E-state index is 6.11. The summed E-state index contributed by atoms with van der Waals surface area (Å²) < 4.78 is 17.0. The fraction of sp³-hybridized carbons (Fsp3) is 1.00. The lowest BCUT2D eigenvalue weighted by molar-refractivity contribution is -0.554. The normalized spacial score (nSPS) is 47.9. The van der Waals surface area contributed by atoms with Gasteiger partial charge in [-0.25, -0.2) is 9.78 Å². The average molecular weight is 286 g/mol. The quantitative estimate of drug-likeness (QED) is 0.743. The van der Waals surface area contributed by atoms with Crippen LogP contribution in [0.4, 0.5) is 0 Å². The predicted octanol–water partition coefficient (Wildman–Crippen LogP) is 2.64. The fourth-order valence-electron chi connectivity index (χ4n) is 4.22. The zero-order valence-corrected chi connectivity index (χ0v) is 12.7. The highest BCUT2D eigenvalue weighted by atomic mass is 17.3. The van der Waals surface area contributed by atoms with E-state index in [1.807, 2.05) is 6.92 Å². The van der Waals surface area contributed by atoms with Gasteiger partial charge in [0.15, 0.2) is 11.9 Å². The summed E-state index contributed by atoms with van der Waals surface area (Å²) in [5.41, 5.74) is -0.471. The molecule has 0 aromatic carbocycles. The van der Waals surface area contributed by atoms with E-state index in [2.05, 4.69) is 0 Å². The van der Waals surface area contributed by atoms with E-state index in [1.165, 1.54) is 6.42 Å². The summed E-state index contributed by atoms with van der Waals surface area (Å²) in [7, 11) is 3.44. The molecule has 4 fully saturated rings. The molecule has 3 saturated heterocycles. The van der Waals surface area contributed by atoms with Crippen molar-refractivity contribution in [3.8, 4) is 0 Å². The molecule has 1 aliphatic carbocycles. The second-order valence-corrected chi connectivity index (χ2v) is 6.48. The molecule has 5 heteroatoms. The number of methoxy groups -OCH3 is 2. The summed E-state index contributed by atoms with van der Waals surface area (Å²) in [6, 6.07) is 0. The van der Waals surface area contributed by atoms with Gasteiger partial charge in [0.2, 0.25) is 5.79 Å². The van der Waals surface area contributed by atoms with E-state index in [0.29, 0.717) is 11.8 Å². The van der Waals surface area contributed by atoms with Crippen molar-refractivity contribution in [2.45, 2.75) is 63.1 Å². The van der Waals surface area contributed by atoms with Crippen molar-refractivity contribution in [3.05, 3.63) is 0 Å². The molecule has 1 saturated carbocycles. The maximum Gasteiger partial charge on any atom is 0.201 e. The van der Waals surface area contributed by atoms with Gasteiger partial charge >= 0.3 is 0 Å². The molecule has 0 N–H and O–H groups in total. The lowest BCUT2D eigenvalue weighted by atomic mass is 9.65. The highest BCUT2D eigenvalue weighted by Crippen LogP contribution is 2.55. The predicted molar refractivity (Wildman–Crippen MR) is 71.7 cm³/mol. The third kappa shape index (κ3) is 2.20. The molecule has 4 rings (SSSR count). The summed E-state index contributed by atoms with van der Waals surface area (Å²) in [6.07, 6.45) is 6.04. The first-order chi connectivity index (χ1) is 9.64. The van der Waals surface area contributed by atoms with Gasteiger partial charge in [-0.1, -0.05) is 6.42 Å². The lowest BCUT2D eigenvalue weighted by Crippen LogP contribution is -2.63. The molecule has 4 aliphatic rings. The molecular formula is C15H26O5. The van der Waals surface area contributed by atoms with Gasteiger partial charge in [-0.15, -0.1) is 0 Å². The third-order valence-corrected chi connectivity index (χ3v) is 5.30. The smallest absolute Gasteiger partial charge is 0.201 e. The number of hydrogen-bond acceptors (Lipinski definition) is 5. The Morgan fingerprint density at radius 1 is 1.15 bits per heavy atom. The molecule has 116 valence electrons. The number of ether oxygens (including phenoxy) is 3. The summed E-state index contributed by atoms with van der Waals surface area (Å²) in [5.74, 6) is 0.121. The van der Waals surface area contributed by atoms with E-state index >= 15 is 0 Å². The summed E-state index contributed by atoms with van der Waals surface area (Å²) in [4.78, 5) is 11.7. The van der Waals surface area contributed by atoms with E-state index < -0.39 is 11.4 Å². The number of rotatable bonds is 4. The van der Waals surface area contributed by atoms with Crippen LogP contribution in [0.15, 0.2) is 0 Å². The molecule has 5 atom stereocenters. The Labute approximate surface area is 120 Å². The molecule has 3 aliphatic heterocycles. The number of fused-ring (bicyclic) bond motifs is 3. The Morgan fingerprint density at radius 3 is 2.75 bits per heavy atom. The van der Waals surface area contributed by atoms with Crippen LogP contribution in [0.1, 0.15) is 45.4 Å². The first-order valence-corrected chi connectivity index (χ1v) is 7.71. The van der Waals surface area contributed by atoms with Crippen LogP contribution >= 0.6 is 0 Å². The molecule has 0 aromatic heterocycles. The van der Waals surface area contributed by atoms with Crippen LogP contribution in [0.2, 0.25) is 0 Å². The van der Waals surface area contributed by atoms with Crippen LogP contribution < -0.4 is 0 Å². The highest BCUT2D eigenvalue weighted by molar-refractivity contribution is 5.03. The van der Waals surface area contributed by atoms with Crippen molar-refractivity contribution < 1.29 is 24.0 Å². The Bertz CT molecular complexity index is 349. The topological polar surface area (TPSA) is 46.2 Å². The van der Waals surface area contributed by atoms with Gasteiger partial charge in [-0.3, -0.25) is 0 Å². The fourth-order valence-corrected chi connectivity index (χ4v) is 4.22. The zero-order chi connectivity index (χ0) is 14.2. The monoisotopic (exact) mass is 286 g/mol. The Kier molecular flexibility index (Phi) is 4.08. The van der Waals surface area contributed by atoms with Crippen LogP contribution in [0.3, 0.4) is 0 Å². The minimum absolute atomic E-state index is 0.351. The third-order valence-electron chi connectivity index (χ3n) is 5.30. The minimum Gasteiger partial charge on any atom is -0.385 e. The van der Waals surface area contributed by atoms with Crippen LogP contribution in [-0.2, 0) is 24.0 Å². The van der Waals surface area contributed by atoms with Gasteiger partial charge in [-0.05, 0) is 44.4 Å². The summed E-state index contributed by atoms with van der Waals surface area (Å²) in [6.45, 7) is 2.67. The maximum atomic E-state index is 6.11. The first kappa shape index (κ1) is 14.7. The van der Waals surface area contributed by atoms with Gasteiger partial charge < -0.3 is 14.2 Å². The Balaban J connectivity index is 1.92. The second kappa shape index (κ2) is 5.54. The van der Waals surface area contributed by atoms with Gasteiger partial charge in [0.1, 0.15) is 0 Å². The first-order valence-electron chi connectivity index (χ1n) is 7.71. The van der Waals surface area contributed by atoms with Crippen molar-refractivity contribution >= 4 is 0 Å². The summed E-state index contributed by atoms with van der Waals surface area (Å²) >= 11 is 0. The highest BCUT2D eigenvalue weighted by Gasteiger charge is 2.63. The van der Waals surface area contributed by atoms with Crippen molar-refractivity contribution in [2.24, 2.45) is 11.8 Å². The van der Waals surface area contributed by atoms with Crippen LogP contribution in [0.25, 0.3) is 0 Å². The molecule has 3 heterocycles. The van der Waals surface area contributed by atoms with Gasteiger partial charge in [0.05, 0.1) is 0 Å². The van der Waals surface area contributed by atoms with Crippen LogP contribution in [0, 0.1) is 11.8 Å². The molecule has 0 radical (unpaired) electrons. The van der Waals surface area contributed by atoms with Crippen molar-refractivity contribution in [1.82, 2.24) is 0 Å². The summed E-state index contributed by atoms with van der Waals surface area (Å²) in [5, 5.41) is 0. The van der Waals surface area contributed by atoms with Gasteiger partial charge in [0.25, 0.3) is 0 Å². The SMILES string of the molecule is COCC[C@@H]1CCC[C@@H]2CC[C@]3(C)OO[C@]21[C@@H](OC)O3. The molecule has 0 amide bonds. The molecule has 0 aromatic rings. The van der Waals surface area contributed by atoms with Crippen molar-refractivity contribution in [1.29, 1.82) is 0 Å². The van der Waals surface area contributed by atoms with Gasteiger partial charge in [0, 0.05) is 27.2 Å². The van der Waals surface area contributed by atoms with Crippen molar-refractivity contribution in [2.75, 3.05) is 20.8 Å². The molecule has 0 unspecified atom stereocenters. The second-order valence-electron chi connectivity index (χ2n) is 6.48. The van der Waals surface area contributed by atoms with Gasteiger partial charge in [-0.2, -0.15) is 0 Å². The van der Waals surface area contributed by atoms with E-state index in [1.54, 1.807) is 14.2 Å². The van der Waals surface area contributed by atoms with Crippen LogP contribution in [0.5, 0.6) is 0 Å². The van der Waals surface area contributed by atoms with E-state index in [-0.39, 0.29) is 6.29 Å². The Morgan fingerprint density at radius 2 is 2.00 bits per heavy atom. The van der Waals surface area contributed by atoms with Crippen LogP contribution in [-0.4, -0.2) is 38.5 Å².